The Morgan fingerprint density at radius 3 is 1.78 bits per heavy atom. The number of aliphatic hydroxyl groups excluding tert-OH is 3. The predicted molar refractivity (Wildman–Crippen MR) is 280 cm³/mol. The molecule has 3 saturated carbocycles. The van der Waals surface area contributed by atoms with Crippen LogP contribution in [-0.4, -0.2) is 186 Å². The van der Waals surface area contributed by atoms with Crippen molar-refractivity contribution in [2.75, 3.05) is 84.9 Å². The SMILES string of the molecule is C=P(C)(CC1CC(C)C(OC)C1OP(=C)(C)OCC1CC(Cc2ccccc2)C(O)C1OP(=C)(C)OCC1CC(C)C(C)C1O)CP(=C)(C)CP(=C)(C)CC1(OC)OC(C)C(F)C1O. The van der Waals surface area contributed by atoms with E-state index in [2.05, 4.69) is 71.8 Å². The van der Waals surface area contributed by atoms with Crippen molar-refractivity contribution in [2.24, 2.45) is 41.4 Å². The molecule has 1 aromatic carbocycles. The van der Waals surface area contributed by atoms with E-state index in [9.17, 15) is 19.7 Å². The molecule has 0 amide bonds. The third-order valence-electron chi connectivity index (χ3n) is 14.5. The van der Waals surface area contributed by atoms with Crippen molar-refractivity contribution in [3.63, 3.8) is 0 Å². The first-order valence-electron chi connectivity index (χ1n) is 23.1. The fourth-order valence-electron chi connectivity index (χ4n) is 11.7. The van der Waals surface area contributed by atoms with Crippen molar-refractivity contribution in [3.8, 4) is 0 Å². The maximum Gasteiger partial charge on any atom is 0.201 e. The molecule has 5 rings (SSSR count). The van der Waals surface area contributed by atoms with Crippen LogP contribution in [0.5, 0.6) is 0 Å². The molecule has 0 spiro atoms. The lowest BCUT2D eigenvalue weighted by atomic mass is 9.95. The summed E-state index contributed by atoms with van der Waals surface area (Å²) in [6.07, 6.45) is 22.1. The number of hydrogen-bond donors (Lipinski definition) is 3. The molecule has 1 saturated heterocycles. The van der Waals surface area contributed by atoms with Gasteiger partial charge >= 0.3 is 0 Å². The normalized spacial score (nSPS) is 41.5. The zero-order valence-electron chi connectivity index (χ0n) is 41.0. The maximum atomic E-state index is 14.8. The van der Waals surface area contributed by atoms with Crippen LogP contribution >= 0.6 is 35.3 Å². The molecule has 1 aromatic rings. The van der Waals surface area contributed by atoms with Gasteiger partial charge in [0.1, 0.15) is 20.8 Å². The summed E-state index contributed by atoms with van der Waals surface area (Å²) in [4.78, 5) is 0. The van der Waals surface area contributed by atoms with Crippen molar-refractivity contribution in [2.45, 2.75) is 108 Å². The molecule has 10 nitrogen and oxygen atoms in total. The van der Waals surface area contributed by atoms with Gasteiger partial charge in [0.25, 0.3) is 0 Å². The van der Waals surface area contributed by atoms with Gasteiger partial charge in [0.05, 0.1) is 49.8 Å². The van der Waals surface area contributed by atoms with Crippen LogP contribution in [0.1, 0.15) is 52.5 Å². The molecule has 1 aliphatic heterocycles. The molecule has 0 aromatic heterocycles. The number of halogens is 1. The van der Waals surface area contributed by atoms with Gasteiger partial charge in [0, 0.05) is 45.5 Å². The van der Waals surface area contributed by atoms with E-state index in [1.54, 1.807) is 14.0 Å². The largest absolute Gasteiger partial charge is 0.392 e. The minimum atomic E-state index is -2.68. The molecule has 0 bridgehead atoms. The van der Waals surface area contributed by atoms with Crippen LogP contribution in [0.3, 0.4) is 0 Å². The highest BCUT2D eigenvalue weighted by Crippen LogP contribution is 2.66. The number of ether oxygens (including phenoxy) is 3. The van der Waals surface area contributed by atoms with Crippen molar-refractivity contribution >= 4 is 66.8 Å². The Kier molecular flexibility index (Phi) is 18.7. The summed E-state index contributed by atoms with van der Waals surface area (Å²) >= 11 is 0. The van der Waals surface area contributed by atoms with Crippen LogP contribution in [0, 0.1) is 41.4 Å². The van der Waals surface area contributed by atoms with Gasteiger partial charge in [0.2, 0.25) is 5.79 Å². The lowest BCUT2D eigenvalue weighted by Gasteiger charge is -2.39. The molecule has 16 heteroatoms. The molecule has 0 radical (unpaired) electrons. The van der Waals surface area contributed by atoms with Crippen LogP contribution in [0.25, 0.3) is 0 Å². The van der Waals surface area contributed by atoms with E-state index in [4.69, 9.17) is 44.9 Å². The highest BCUT2D eigenvalue weighted by Gasteiger charge is 2.55. The zero-order valence-corrected chi connectivity index (χ0v) is 45.4. The highest BCUT2D eigenvalue weighted by atomic mass is 31.2. The van der Waals surface area contributed by atoms with E-state index in [1.165, 1.54) is 7.11 Å². The summed E-state index contributed by atoms with van der Waals surface area (Å²) in [7, 11) is -2.11. The molecule has 4 aliphatic rings. The first kappa shape index (κ1) is 55.2. The van der Waals surface area contributed by atoms with Gasteiger partial charge in [-0.05, 0) is 106 Å². The Morgan fingerprint density at radius 2 is 1.25 bits per heavy atom. The first-order valence-corrected chi connectivity index (χ1v) is 36.0. The van der Waals surface area contributed by atoms with Crippen LogP contribution in [0.4, 0.5) is 4.39 Å². The number of methoxy groups -OCH3 is 2. The maximum absolute atomic E-state index is 14.8. The van der Waals surface area contributed by atoms with Crippen LogP contribution in [-0.2, 0) is 38.7 Å². The summed E-state index contributed by atoms with van der Waals surface area (Å²) in [5, 5.41) is 33.6. The topological polar surface area (TPSA) is 125 Å². The molecule has 4 fully saturated rings. The van der Waals surface area contributed by atoms with Gasteiger partial charge in [-0.25, -0.2) is 4.39 Å². The van der Waals surface area contributed by atoms with Crippen molar-refractivity contribution in [1.29, 1.82) is 0 Å². The minimum absolute atomic E-state index is 0.0256. The standard InChI is InChI=1S/C48H86FO10P5/c1-32-22-38(42(50)34(32)3)26-55-63(13,14)58-45-39(25-37(43(45)51)24-36-20-18-17-19-21-36)27-56-64(15,16)59-46-40(23-33(2)44(46)53-5)28-60(7,8)30-62(11,12)31-61(9,10)29-48(54-6)47(52)41(49)35(4)57-48/h17-21,32-35,37-47,50-52H,7,9,11,13,15,22-31H2,1-6,8,10,12,14,16H3. The third kappa shape index (κ3) is 14.0. The lowest BCUT2D eigenvalue weighted by molar-refractivity contribution is -0.227. The van der Waals surface area contributed by atoms with Gasteiger partial charge in [-0.2, -0.15) is 0 Å². The molecular weight excluding hydrogens is 910 g/mol. The van der Waals surface area contributed by atoms with E-state index >= 15 is 0 Å². The monoisotopic (exact) mass is 996 g/mol. The summed E-state index contributed by atoms with van der Waals surface area (Å²) in [5.74, 6) is 1.23. The van der Waals surface area contributed by atoms with E-state index in [-0.39, 0.29) is 47.7 Å². The van der Waals surface area contributed by atoms with Crippen molar-refractivity contribution in [3.05, 3.63) is 35.9 Å². The summed E-state index contributed by atoms with van der Waals surface area (Å²) in [6.45, 7) is 13.8. The van der Waals surface area contributed by atoms with E-state index < -0.39 is 77.8 Å². The fourth-order valence-corrected chi connectivity index (χ4v) is 32.6. The van der Waals surface area contributed by atoms with Gasteiger partial charge in [-0.1, -0.05) is 63.7 Å². The number of aliphatic hydroxyl groups is 3. The predicted octanol–water partition coefficient (Wildman–Crippen LogP) is 8.79. The molecule has 64 heavy (non-hydrogen) atoms. The number of rotatable bonds is 22. The Labute approximate surface area is 387 Å². The molecule has 1 heterocycles. The summed E-state index contributed by atoms with van der Waals surface area (Å²) in [6, 6.07) is 10.2. The Balaban J connectivity index is 1.25. The molecular formula is C48H86FO10P5. The highest BCUT2D eigenvalue weighted by molar-refractivity contribution is 7.95. The second-order valence-corrected chi connectivity index (χ2v) is 39.6. The number of benzene rings is 1. The quantitative estimate of drug-likeness (QED) is 0.0972. The van der Waals surface area contributed by atoms with E-state index in [0.29, 0.717) is 38.1 Å². The Bertz CT molecular complexity index is 1950. The van der Waals surface area contributed by atoms with Crippen LogP contribution in [0.2, 0.25) is 0 Å². The third-order valence-corrected chi connectivity index (χ3v) is 30.8. The molecule has 21 unspecified atom stereocenters. The van der Waals surface area contributed by atoms with Crippen molar-refractivity contribution < 1.29 is 52.0 Å². The summed E-state index contributed by atoms with van der Waals surface area (Å²) < 4.78 is 59.5. The van der Waals surface area contributed by atoms with Crippen LogP contribution in [0.15, 0.2) is 30.3 Å². The smallest absolute Gasteiger partial charge is 0.201 e. The fraction of sp³-hybridized carbons (Fsp3) is 0.771. The zero-order chi connectivity index (χ0) is 47.8. The molecule has 370 valence electrons. The summed E-state index contributed by atoms with van der Waals surface area (Å²) in [5.41, 5.74) is 1.16. The van der Waals surface area contributed by atoms with Gasteiger partial charge in [-0.15, -0.1) is 39.6 Å². The minimum Gasteiger partial charge on any atom is -0.392 e. The first-order chi connectivity index (χ1) is 29.5. The second-order valence-electron chi connectivity index (χ2n) is 21.9. The molecule has 3 aliphatic carbocycles. The number of hydrogen-bond acceptors (Lipinski definition) is 10. The second kappa shape index (κ2) is 21.7. The van der Waals surface area contributed by atoms with Gasteiger partial charge in [0.15, 0.2) is 6.17 Å². The lowest BCUT2D eigenvalue weighted by Crippen LogP contribution is -2.47. The van der Waals surface area contributed by atoms with Gasteiger partial charge in [-0.3, -0.25) is 0 Å². The van der Waals surface area contributed by atoms with Crippen LogP contribution < -0.4 is 0 Å². The van der Waals surface area contributed by atoms with E-state index in [1.807, 2.05) is 31.5 Å². The Morgan fingerprint density at radius 1 is 0.688 bits per heavy atom. The molecule has 21 atom stereocenters. The average Bonchev–Trinajstić information content (AvgIpc) is 3.79. The van der Waals surface area contributed by atoms with Gasteiger partial charge < -0.3 is 47.6 Å². The molecule has 3 N–H and O–H groups in total. The number of alkyl halides is 1. The van der Waals surface area contributed by atoms with E-state index in [0.717, 1.165) is 36.4 Å². The Hall–Kier alpha value is 0.250. The van der Waals surface area contributed by atoms with Crippen molar-refractivity contribution in [1.82, 2.24) is 0 Å². The average molecular weight is 997 g/mol.